The number of carbonyl (C=O) groups is 2. The van der Waals surface area contributed by atoms with Crippen molar-refractivity contribution >= 4 is 22.7 Å². The lowest BCUT2D eigenvalue weighted by molar-refractivity contribution is -0.136. The molecule has 0 bridgehead atoms. The third kappa shape index (κ3) is 4.86. The quantitative estimate of drug-likeness (QED) is 0.360. The maximum atomic E-state index is 13.2. The van der Waals surface area contributed by atoms with Crippen molar-refractivity contribution < 1.29 is 23.8 Å². The molecule has 0 saturated heterocycles. The van der Waals surface area contributed by atoms with Gasteiger partial charge in [-0.25, -0.2) is 0 Å². The third-order valence-corrected chi connectivity index (χ3v) is 5.06. The molecule has 0 unspecified atom stereocenters. The lowest BCUT2D eigenvalue weighted by atomic mass is 9.92. The number of carboxylic acid groups (broad SMARTS) is 1. The summed E-state index contributed by atoms with van der Waals surface area (Å²) in [7, 11) is 0. The van der Waals surface area contributed by atoms with Crippen LogP contribution in [0.5, 0.6) is 5.75 Å². The van der Waals surface area contributed by atoms with Gasteiger partial charge >= 0.3 is 5.97 Å². The molecule has 0 aliphatic heterocycles. The molecule has 3 aromatic rings. The molecule has 0 fully saturated rings. The fourth-order valence-corrected chi connectivity index (χ4v) is 3.45. The van der Waals surface area contributed by atoms with E-state index in [1.165, 1.54) is 19.1 Å². The second kappa shape index (κ2) is 9.41. The van der Waals surface area contributed by atoms with E-state index in [-0.39, 0.29) is 12.2 Å². The van der Waals surface area contributed by atoms with E-state index in [9.17, 15) is 14.7 Å². The Morgan fingerprint density at radius 3 is 2.52 bits per heavy atom. The topological polar surface area (TPSA) is 76.7 Å². The summed E-state index contributed by atoms with van der Waals surface area (Å²) in [5, 5.41) is 9.91. The Morgan fingerprint density at radius 1 is 1.07 bits per heavy atom. The molecule has 0 radical (unpaired) electrons. The van der Waals surface area contributed by atoms with Gasteiger partial charge in [-0.3, -0.25) is 9.59 Å². The summed E-state index contributed by atoms with van der Waals surface area (Å²) >= 11 is 0. The van der Waals surface area contributed by atoms with Crippen LogP contribution in [-0.2, 0) is 11.2 Å². The minimum Gasteiger partial charge on any atom is -0.494 e. The lowest BCUT2D eigenvalue weighted by Gasteiger charge is -2.11. The van der Waals surface area contributed by atoms with Crippen LogP contribution in [0, 0.1) is 6.92 Å². The van der Waals surface area contributed by atoms with Crippen molar-refractivity contribution in [3.63, 3.8) is 0 Å². The number of benzene rings is 2. The number of hydrogen-bond donors (Lipinski definition) is 1. The van der Waals surface area contributed by atoms with Gasteiger partial charge in [-0.2, -0.15) is 0 Å². The van der Waals surface area contributed by atoms with Gasteiger partial charge < -0.3 is 14.3 Å². The largest absolute Gasteiger partial charge is 0.494 e. The van der Waals surface area contributed by atoms with Crippen LogP contribution in [0.1, 0.15) is 59.7 Å². The van der Waals surface area contributed by atoms with Gasteiger partial charge in [0.2, 0.25) is 0 Å². The Labute approximate surface area is 170 Å². The van der Waals surface area contributed by atoms with Gasteiger partial charge in [0, 0.05) is 10.9 Å². The van der Waals surface area contributed by atoms with Crippen LogP contribution in [0.3, 0.4) is 0 Å². The number of ketones is 1. The van der Waals surface area contributed by atoms with E-state index in [4.69, 9.17) is 9.15 Å². The van der Waals surface area contributed by atoms with Gasteiger partial charge in [0.05, 0.1) is 24.9 Å². The number of hydrogen-bond acceptors (Lipinski definition) is 4. The van der Waals surface area contributed by atoms with E-state index in [2.05, 4.69) is 6.92 Å². The zero-order valence-electron chi connectivity index (χ0n) is 16.9. The monoisotopic (exact) mass is 394 g/mol. The van der Waals surface area contributed by atoms with Gasteiger partial charge in [0.1, 0.15) is 11.3 Å². The number of unbranched alkanes of at least 4 members (excludes halogenated alkanes) is 3. The highest BCUT2D eigenvalue weighted by atomic mass is 16.5. The molecule has 1 aromatic heterocycles. The maximum absolute atomic E-state index is 13.2. The minimum atomic E-state index is -0.935. The standard InChI is InChI=1S/C24H26O5/c1-3-4-5-6-12-28-20-9-7-17(8-10-20)23(27)22-16(2)19(15-21(25)26)14-18-11-13-29-24(18)22/h7-11,13-14H,3-6,12,15H2,1-2H3,(H,25,26). The molecule has 2 aromatic carbocycles. The fraction of sp³-hybridized carbons (Fsp3) is 0.333. The second-order valence-electron chi connectivity index (χ2n) is 7.21. The minimum absolute atomic E-state index is 0.141. The summed E-state index contributed by atoms with van der Waals surface area (Å²) in [5.74, 6) is -0.392. The summed E-state index contributed by atoms with van der Waals surface area (Å²) in [4.78, 5) is 24.4. The zero-order valence-corrected chi connectivity index (χ0v) is 16.9. The van der Waals surface area contributed by atoms with Gasteiger partial charge in [0.25, 0.3) is 0 Å². The highest BCUT2D eigenvalue weighted by Crippen LogP contribution is 2.29. The van der Waals surface area contributed by atoms with E-state index in [0.717, 1.165) is 24.0 Å². The first-order chi connectivity index (χ1) is 14.0. The third-order valence-electron chi connectivity index (χ3n) is 5.06. The van der Waals surface area contributed by atoms with Crippen molar-refractivity contribution in [3.05, 3.63) is 64.9 Å². The summed E-state index contributed by atoms with van der Waals surface area (Å²) in [6.45, 7) is 4.60. The van der Waals surface area contributed by atoms with Gasteiger partial charge in [0.15, 0.2) is 5.78 Å². The van der Waals surface area contributed by atoms with Crippen LogP contribution in [-0.4, -0.2) is 23.5 Å². The van der Waals surface area contributed by atoms with Crippen LogP contribution >= 0.6 is 0 Å². The Morgan fingerprint density at radius 2 is 1.83 bits per heavy atom. The van der Waals surface area contributed by atoms with E-state index >= 15 is 0 Å². The van der Waals surface area contributed by atoms with E-state index < -0.39 is 5.97 Å². The van der Waals surface area contributed by atoms with E-state index in [1.807, 2.05) is 0 Å². The first kappa shape index (κ1) is 20.6. The molecule has 29 heavy (non-hydrogen) atoms. The summed E-state index contributed by atoms with van der Waals surface area (Å²) in [6.07, 6.45) is 5.93. The van der Waals surface area contributed by atoms with Crippen molar-refractivity contribution in [2.75, 3.05) is 6.61 Å². The average Bonchev–Trinajstić information content (AvgIpc) is 3.16. The molecular weight excluding hydrogens is 368 g/mol. The summed E-state index contributed by atoms with van der Waals surface area (Å²) < 4.78 is 11.3. The summed E-state index contributed by atoms with van der Waals surface area (Å²) in [6, 6.07) is 10.6. The number of ether oxygens (including phenoxy) is 1. The van der Waals surface area contributed by atoms with Crippen molar-refractivity contribution in [2.24, 2.45) is 0 Å². The molecule has 1 N–H and O–H groups in total. The highest BCUT2D eigenvalue weighted by Gasteiger charge is 2.21. The van der Waals surface area contributed by atoms with Crippen LogP contribution < -0.4 is 4.74 Å². The van der Waals surface area contributed by atoms with Crippen molar-refractivity contribution in [1.29, 1.82) is 0 Å². The molecule has 0 amide bonds. The van der Waals surface area contributed by atoms with E-state index in [1.54, 1.807) is 43.3 Å². The van der Waals surface area contributed by atoms with Crippen LogP contribution in [0.2, 0.25) is 0 Å². The highest BCUT2D eigenvalue weighted by molar-refractivity contribution is 6.16. The Kier molecular flexibility index (Phi) is 6.70. The molecule has 5 nitrogen and oxygen atoms in total. The Balaban J connectivity index is 1.83. The van der Waals surface area contributed by atoms with Crippen LogP contribution in [0.15, 0.2) is 47.1 Å². The molecular formula is C24H26O5. The number of carboxylic acids is 1. The normalized spacial score (nSPS) is 11.0. The number of carbonyl (C=O) groups excluding carboxylic acids is 1. The fourth-order valence-electron chi connectivity index (χ4n) is 3.45. The Hall–Kier alpha value is -3.08. The van der Waals surface area contributed by atoms with E-state index in [0.29, 0.717) is 34.4 Å². The number of rotatable bonds is 10. The Bertz CT molecular complexity index is 998. The van der Waals surface area contributed by atoms with Crippen molar-refractivity contribution in [1.82, 2.24) is 0 Å². The predicted molar refractivity (Wildman–Crippen MR) is 112 cm³/mol. The van der Waals surface area contributed by atoms with Gasteiger partial charge in [-0.1, -0.05) is 26.2 Å². The molecule has 5 heteroatoms. The first-order valence-corrected chi connectivity index (χ1v) is 10.00. The smallest absolute Gasteiger partial charge is 0.307 e. The zero-order chi connectivity index (χ0) is 20.8. The lowest BCUT2D eigenvalue weighted by Crippen LogP contribution is -2.09. The number of furan rings is 1. The molecule has 0 aliphatic rings. The number of aliphatic carboxylic acids is 1. The molecule has 0 saturated carbocycles. The molecule has 0 spiro atoms. The molecule has 3 rings (SSSR count). The number of fused-ring (bicyclic) bond motifs is 1. The summed E-state index contributed by atoms with van der Waals surface area (Å²) in [5.41, 5.74) is 2.66. The second-order valence-corrected chi connectivity index (χ2v) is 7.21. The van der Waals surface area contributed by atoms with Crippen molar-refractivity contribution in [2.45, 2.75) is 46.0 Å². The van der Waals surface area contributed by atoms with Crippen LogP contribution in [0.25, 0.3) is 11.0 Å². The van der Waals surface area contributed by atoms with Crippen LogP contribution in [0.4, 0.5) is 0 Å². The predicted octanol–water partition coefficient (Wildman–Crippen LogP) is 5.56. The first-order valence-electron chi connectivity index (χ1n) is 10.00. The molecule has 0 aliphatic carbocycles. The van der Waals surface area contributed by atoms with Crippen molar-refractivity contribution in [3.8, 4) is 5.75 Å². The van der Waals surface area contributed by atoms with Gasteiger partial charge in [-0.15, -0.1) is 0 Å². The molecule has 152 valence electrons. The van der Waals surface area contributed by atoms with Gasteiger partial charge in [-0.05, 0) is 60.9 Å². The molecule has 1 heterocycles. The molecule has 0 atom stereocenters. The maximum Gasteiger partial charge on any atom is 0.307 e. The average molecular weight is 394 g/mol. The SMILES string of the molecule is CCCCCCOc1ccc(C(=O)c2c(C)c(CC(=O)O)cc3ccoc23)cc1.